The molecule has 0 aromatic carbocycles. The van der Waals surface area contributed by atoms with Gasteiger partial charge in [-0.3, -0.25) is 9.59 Å². The lowest BCUT2D eigenvalue weighted by Crippen LogP contribution is -2.48. The van der Waals surface area contributed by atoms with Gasteiger partial charge in [0.05, 0.1) is 0 Å². The van der Waals surface area contributed by atoms with Gasteiger partial charge in [0.2, 0.25) is 5.78 Å². The molecule has 1 saturated heterocycles. The summed E-state index contributed by atoms with van der Waals surface area (Å²) in [6, 6.07) is 0. The van der Waals surface area contributed by atoms with Crippen molar-refractivity contribution in [3.8, 4) is 0 Å². The highest BCUT2D eigenvalue weighted by atomic mass is 16.2. The highest BCUT2D eigenvalue weighted by Crippen LogP contribution is 2.27. The van der Waals surface area contributed by atoms with Crippen LogP contribution in [0.25, 0.3) is 0 Å². The van der Waals surface area contributed by atoms with Crippen LogP contribution in [-0.4, -0.2) is 42.8 Å². The number of nitrogens with zero attached hydrogens (tertiary/aromatic N) is 1. The van der Waals surface area contributed by atoms with Crippen molar-refractivity contribution in [2.75, 3.05) is 26.2 Å². The molecular formula is C12H20N2O2. The fraction of sp³-hybridized carbons (Fsp3) is 0.833. The van der Waals surface area contributed by atoms with E-state index in [1.54, 1.807) is 4.90 Å². The fourth-order valence-electron chi connectivity index (χ4n) is 2.61. The molecule has 4 nitrogen and oxygen atoms in total. The molecule has 0 radical (unpaired) electrons. The molecule has 1 N–H and O–H groups in total. The summed E-state index contributed by atoms with van der Waals surface area (Å²) < 4.78 is 0. The highest BCUT2D eigenvalue weighted by Gasteiger charge is 2.26. The van der Waals surface area contributed by atoms with Crippen LogP contribution in [0.5, 0.6) is 0 Å². The van der Waals surface area contributed by atoms with Gasteiger partial charge in [0.15, 0.2) is 0 Å². The van der Waals surface area contributed by atoms with E-state index >= 15 is 0 Å². The molecule has 2 rings (SSSR count). The van der Waals surface area contributed by atoms with Crippen LogP contribution in [-0.2, 0) is 9.59 Å². The summed E-state index contributed by atoms with van der Waals surface area (Å²) in [7, 11) is 0. The molecular weight excluding hydrogens is 204 g/mol. The number of hydrogen-bond donors (Lipinski definition) is 1. The second kappa shape index (κ2) is 5.43. The Morgan fingerprint density at radius 1 is 1.12 bits per heavy atom. The van der Waals surface area contributed by atoms with Gasteiger partial charge in [-0.1, -0.05) is 25.7 Å². The van der Waals surface area contributed by atoms with Crippen molar-refractivity contribution in [2.45, 2.75) is 32.1 Å². The predicted molar refractivity (Wildman–Crippen MR) is 61.0 cm³/mol. The summed E-state index contributed by atoms with van der Waals surface area (Å²) in [5, 5.41) is 3.18. The smallest absolute Gasteiger partial charge is 0.290 e. The Labute approximate surface area is 96.4 Å². The monoisotopic (exact) mass is 224 g/mol. The molecule has 16 heavy (non-hydrogen) atoms. The molecule has 4 heteroatoms. The minimum atomic E-state index is -0.256. The van der Waals surface area contributed by atoms with Crippen molar-refractivity contribution in [3.63, 3.8) is 0 Å². The lowest BCUT2D eigenvalue weighted by Gasteiger charge is -2.27. The van der Waals surface area contributed by atoms with E-state index in [1.807, 2.05) is 0 Å². The maximum atomic E-state index is 11.8. The minimum Gasteiger partial charge on any atom is -0.334 e. The van der Waals surface area contributed by atoms with Gasteiger partial charge in [-0.15, -0.1) is 0 Å². The van der Waals surface area contributed by atoms with Crippen LogP contribution in [0.4, 0.5) is 0 Å². The maximum absolute atomic E-state index is 11.8. The van der Waals surface area contributed by atoms with Crippen LogP contribution in [0.1, 0.15) is 32.1 Å². The number of hydrogen-bond acceptors (Lipinski definition) is 3. The minimum absolute atomic E-state index is 0.172. The Hall–Kier alpha value is -0.900. The zero-order valence-corrected chi connectivity index (χ0v) is 9.71. The summed E-state index contributed by atoms with van der Waals surface area (Å²) in [5.74, 6) is 0.0431. The number of ketones is 1. The molecule has 1 amide bonds. The Bertz CT molecular complexity index is 266. The molecule has 0 aromatic rings. The van der Waals surface area contributed by atoms with E-state index in [0.29, 0.717) is 25.4 Å². The highest BCUT2D eigenvalue weighted by molar-refractivity contribution is 6.36. The zero-order valence-electron chi connectivity index (χ0n) is 9.71. The third-order valence-corrected chi connectivity index (χ3v) is 3.59. The normalized spacial score (nSPS) is 22.4. The van der Waals surface area contributed by atoms with E-state index in [4.69, 9.17) is 0 Å². The van der Waals surface area contributed by atoms with Crippen molar-refractivity contribution in [3.05, 3.63) is 0 Å². The lowest BCUT2D eigenvalue weighted by molar-refractivity contribution is -0.145. The van der Waals surface area contributed by atoms with Gasteiger partial charge in [-0.2, -0.15) is 0 Å². The molecule has 0 spiro atoms. The van der Waals surface area contributed by atoms with Gasteiger partial charge >= 0.3 is 0 Å². The summed E-state index contributed by atoms with van der Waals surface area (Å²) in [6.07, 6.45) is 5.17. The van der Waals surface area contributed by atoms with E-state index in [2.05, 4.69) is 5.32 Å². The quantitative estimate of drug-likeness (QED) is 0.713. The Kier molecular flexibility index (Phi) is 3.93. The number of amides is 1. The first-order valence-electron chi connectivity index (χ1n) is 6.30. The number of piperazine rings is 1. The van der Waals surface area contributed by atoms with Gasteiger partial charge in [0, 0.05) is 32.6 Å². The predicted octanol–water partition coefficient (Wildman–Crippen LogP) is 0.568. The molecule has 0 unspecified atom stereocenters. The number of carbonyl (C=O) groups excluding carboxylic acids is 2. The molecule has 1 saturated carbocycles. The Balaban J connectivity index is 1.80. The average Bonchev–Trinajstić information content (AvgIpc) is 2.82. The number of Topliss-reactive ketones (excluding diaryl/α,β-unsaturated/α-hetero) is 1. The molecule has 0 aromatic heterocycles. The van der Waals surface area contributed by atoms with Crippen molar-refractivity contribution in [2.24, 2.45) is 5.92 Å². The molecule has 2 fully saturated rings. The molecule has 0 bridgehead atoms. The Morgan fingerprint density at radius 2 is 1.75 bits per heavy atom. The standard InChI is InChI=1S/C12H20N2O2/c15-11(9-10-3-1-2-4-10)12(16)14-7-5-13-6-8-14/h10,13H,1-9H2. The second-order valence-electron chi connectivity index (χ2n) is 4.82. The summed E-state index contributed by atoms with van der Waals surface area (Å²) in [4.78, 5) is 25.3. The molecule has 0 atom stereocenters. The molecule has 2 aliphatic rings. The van der Waals surface area contributed by atoms with Crippen molar-refractivity contribution in [1.82, 2.24) is 10.2 Å². The first-order valence-corrected chi connectivity index (χ1v) is 6.30. The number of carbonyl (C=O) groups is 2. The van der Waals surface area contributed by atoms with Crippen LogP contribution in [0.2, 0.25) is 0 Å². The van der Waals surface area contributed by atoms with Crippen molar-refractivity contribution >= 4 is 11.7 Å². The summed E-state index contributed by atoms with van der Waals surface area (Å²) in [5.41, 5.74) is 0. The number of nitrogens with one attached hydrogen (secondary N) is 1. The van der Waals surface area contributed by atoms with Crippen LogP contribution >= 0.6 is 0 Å². The topological polar surface area (TPSA) is 49.4 Å². The molecule has 1 heterocycles. The van der Waals surface area contributed by atoms with Crippen LogP contribution in [0, 0.1) is 5.92 Å². The Morgan fingerprint density at radius 3 is 2.38 bits per heavy atom. The van der Waals surface area contributed by atoms with Crippen molar-refractivity contribution in [1.29, 1.82) is 0 Å². The number of rotatable bonds is 3. The van der Waals surface area contributed by atoms with E-state index in [9.17, 15) is 9.59 Å². The SMILES string of the molecule is O=C(CC1CCCC1)C(=O)N1CCNCC1. The van der Waals surface area contributed by atoms with Crippen LogP contribution in [0.3, 0.4) is 0 Å². The third-order valence-electron chi connectivity index (χ3n) is 3.59. The van der Waals surface area contributed by atoms with E-state index in [1.165, 1.54) is 12.8 Å². The van der Waals surface area contributed by atoms with Gasteiger partial charge in [0.1, 0.15) is 0 Å². The molecule has 1 aliphatic heterocycles. The van der Waals surface area contributed by atoms with E-state index in [0.717, 1.165) is 25.9 Å². The van der Waals surface area contributed by atoms with Crippen LogP contribution in [0.15, 0.2) is 0 Å². The van der Waals surface area contributed by atoms with E-state index in [-0.39, 0.29) is 11.7 Å². The maximum Gasteiger partial charge on any atom is 0.290 e. The van der Waals surface area contributed by atoms with Crippen LogP contribution < -0.4 is 5.32 Å². The summed E-state index contributed by atoms with van der Waals surface area (Å²) in [6.45, 7) is 2.97. The fourth-order valence-corrected chi connectivity index (χ4v) is 2.61. The summed E-state index contributed by atoms with van der Waals surface area (Å²) >= 11 is 0. The van der Waals surface area contributed by atoms with E-state index < -0.39 is 0 Å². The zero-order chi connectivity index (χ0) is 11.4. The van der Waals surface area contributed by atoms with Gasteiger partial charge in [0.25, 0.3) is 5.91 Å². The first kappa shape index (κ1) is 11.6. The third kappa shape index (κ3) is 2.82. The molecule has 90 valence electrons. The lowest BCUT2D eigenvalue weighted by atomic mass is 10.0. The average molecular weight is 224 g/mol. The van der Waals surface area contributed by atoms with Gasteiger partial charge in [-0.05, 0) is 5.92 Å². The van der Waals surface area contributed by atoms with Gasteiger partial charge < -0.3 is 10.2 Å². The van der Waals surface area contributed by atoms with Gasteiger partial charge in [-0.25, -0.2) is 0 Å². The van der Waals surface area contributed by atoms with Crippen molar-refractivity contribution < 1.29 is 9.59 Å². The largest absolute Gasteiger partial charge is 0.334 e. The second-order valence-corrected chi connectivity index (χ2v) is 4.82. The first-order chi connectivity index (χ1) is 7.77. The molecule has 1 aliphatic carbocycles.